The van der Waals surface area contributed by atoms with Gasteiger partial charge >= 0.3 is 11.9 Å². The number of esters is 2. The predicted molar refractivity (Wildman–Crippen MR) is 154 cm³/mol. The second-order valence-corrected chi connectivity index (χ2v) is 10.6. The molecule has 1 saturated heterocycles. The van der Waals surface area contributed by atoms with Crippen LogP contribution in [-0.2, 0) is 43.4 Å². The Kier molecular flexibility index (Phi) is 9.34. The zero-order valence-electron chi connectivity index (χ0n) is 23.8. The van der Waals surface area contributed by atoms with E-state index in [4.69, 9.17) is 18.9 Å². The number of benzene rings is 3. The molecule has 8 heteroatoms. The van der Waals surface area contributed by atoms with Crippen molar-refractivity contribution in [2.45, 2.75) is 50.2 Å². The Morgan fingerprint density at radius 3 is 2.20 bits per heavy atom. The number of fused-ring (bicyclic) bond motifs is 1. The lowest BCUT2D eigenvalue weighted by Gasteiger charge is -2.42. The van der Waals surface area contributed by atoms with Gasteiger partial charge in [-0.3, -0.25) is 14.5 Å². The molecule has 3 aromatic rings. The Morgan fingerprint density at radius 1 is 0.854 bits per heavy atom. The molecule has 0 radical (unpaired) electrons. The fourth-order valence-electron chi connectivity index (χ4n) is 6.43. The zero-order valence-corrected chi connectivity index (χ0v) is 23.8. The lowest BCUT2D eigenvalue weighted by atomic mass is 9.83. The lowest BCUT2D eigenvalue weighted by molar-refractivity contribution is -0.147. The number of nitrogens with zero attached hydrogens (tertiary/aromatic N) is 1. The number of carbonyl (C=O) groups excluding carboxylic acids is 2. The van der Waals surface area contributed by atoms with Gasteiger partial charge in [-0.25, -0.2) is 0 Å². The highest BCUT2D eigenvalue weighted by molar-refractivity contribution is 5.80. The quantitative estimate of drug-likeness (QED) is 0.373. The number of carbonyl (C=O) groups is 2. The summed E-state index contributed by atoms with van der Waals surface area (Å²) in [6.07, 6.45) is 0.980. The topological polar surface area (TPSA) is 86.3 Å². The van der Waals surface area contributed by atoms with Crippen LogP contribution in [0.25, 0.3) is 0 Å². The highest BCUT2D eigenvalue weighted by Crippen LogP contribution is 2.41. The Bertz CT molecular complexity index is 1320. The molecule has 0 spiro atoms. The van der Waals surface area contributed by atoms with Crippen LogP contribution in [0.1, 0.15) is 34.7 Å². The van der Waals surface area contributed by atoms with E-state index in [1.165, 1.54) is 14.2 Å². The van der Waals surface area contributed by atoms with Gasteiger partial charge in [0.25, 0.3) is 0 Å². The van der Waals surface area contributed by atoms with Crippen LogP contribution in [0.4, 0.5) is 0 Å². The SMILES string of the molecule is COC(=O)[C@H]1C[C@@H](C(=O)OC)[C@H]([C@@H]2Cc3cccc(OC)c3[C@H](COCc3ccccc3)N2)N1Cc1ccccc1. The van der Waals surface area contributed by atoms with Crippen LogP contribution in [0.3, 0.4) is 0 Å². The molecule has 8 nitrogen and oxygen atoms in total. The molecule has 2 heterocycles. The molecule has 5 rings (SSSR count). The standard InChI is InChI=1S/C33H38N2O6/c1-38-29-16-10-15-24-17-26(34-27(30(24)29)21-41-20-23-13-8-5-9-14-23)31-25(32(36)39-2)18-28(33(37)40-3)35(31)19-22-11-6-4-7-12-22/h4-16,25-28,31,34H,17-21H2,1-3H3/t25-,26+,27+,28-,31-/m1/s1. The van der Waals surface area contributed by atoms with E-state index in [0.717, 1.165) is 28.0 Å². The van der Waals surface area contributed by atoms with Crippen molar-refractivity contribution in [1.29, 1.82) is 0 Å². The van der Waals surface area contributed by atoms with Gasteiger partial charge in [-0.15, -0.1) is 0 Å². The number of hydrogen-bond donors (Lipinski definition) is 1. The summed E-state index contributed by atoms with van der Waals surface area (Å²) >= 11 is 0. The number of ether oxygens (including phenoxy) is 4. The summed E-state index contributed by atoms with van der Waals surface area (Å²) in [6, 6.07) is 24.9. The first-order valence-electron chi connectivity index (χ1n) is 14.0. The van der Waals surface area contributed by atoms with Crippen LogP contribution in [0.2, 0.25) is 0 Å². The summed E-state index contributed by atoms with van der Waals surface area (Å²) in [5.41, 5.74) is 4.34. The maximum Gasteiger partial charge on any atom is 0.323 e. The first kappa shape index (κ1) is 28.8. The van der Waals surface area contributed by atoms with E-state index in [9.17, 15) is 9.59 Å². The second kappa shape index (κ2) is 13.3. The van der Waals surface area contributed by atoms with Crippen LogP contribution in [0, 0.1) is 5.92 Å². The first-order chi connectivity index (χ1) is 20.0. The van der Waals surface area contributed by atoms with Crippen molar-refractivity contribution in [3.63, 3.8) is 0 Å². The molecule has 0 aliphatic carbocycles. The van der Waals surface area contributed by atoms with Crippen molar-refractivity contribution in [3.8, 4) is 5.75 Å². The van der Waals surface area contributed by atoms with Gasteiger partial charge in [-0.05, 0) is 35.6 Å². The van der Waals surface area contributed by atoms with Gasteiger partial charge in [-0.2, -0.15) is 0 Å². The molecule has 1 fully saturated rings. The van der Waals surface area contributed by atoms with Crippen LogP contribution in [-0.4, -0.2) is 62.9 Å². The van der Waals surface area contributed by atoms with Crippen molar-refractivity contribution in [2.75, 3.05) is 27.9 Å². The Labute approximate surface area is 241 Å². The molecule has 0 amide bonds. The minimum Gasteiger partial charge on any atom is -0.496 e. The van der Waals surface area contributed by atoms with Crippen molar-refractivity contribution in [1.82, 2.24) is 10.2 Å². The smallest absolute Gasteiger partial charge is 0.323 e. The molecular formula is C33H38N2O6. The molecule has 3 aromatic carbocycles. The Balaban J connectivity index is 1.49. The van der Waals surface area contributed by atoms with E-state index >= 15 is 0 Å². The monoisotopic (exact) mass is 558 g/mol. The molecule has 216 valence electrons. The van der Waals surface area contributed by atoms with Crippen LogP contribution >= 0.6 is 0 Å². The summed E-state index contributed by atoms with van der Waals surface area (Å²) in [5, 5.41) is 3.81. The van der Waals surface area contributed by atoms with Gasteiger partial charge in [0.15, 0.2) is 0 Å². The van der Waals surface area contributed by atoms with Crippen molar-refractivity contribution in [3.05, 3.63) is 101 Å². The van der Waals surface area contributed by atoms with Crippen molar-refractivity contribution >= 4 is 11.9 Å². The summed E-state index contributed by atoms with van der Waals surface area (Å²) in [4.78, 5) is 28.4. The van der Waals surface area contributed by atoms with Gasteiger partial charge in [-0.1, -0.05) is 72.8 Å². The van der Waals surface area contributed by atoms with E-state index in [2.05, 4.69) is 16.3 Å². The molecule has 1 N–H and O–H groups in total. The van der Waals surface area contributed by atoms with E-state index < -0.39 is 12.0 Å². The number of methoxy groups -OCH3 is 3. The molecule has 5 atom stereocenters. The third-order valence-corrected chi connectivity index (χ3v) is 8.25. The van der Waals surface area contributed by atoms with Crippen LogP contribution in [0.5, 0.6) is 5.75 Å². The van der Waals surface area contributed by atoms with E-state index in [1.54, 1.807) is 7.11 Å². The maximum absolute atomic E-state index is 13.2. The average molecular weight is 559 g/mol. The van der Waals surface area contributed by atoms with Gasteiger partial charge in [0.05, 0.1) is 46.5 Å². The second-order valence-electron chi connectivity index (χ2n) is 10.6. The molecule has 2 aliphatic heterocycles. The largest absolute Gasteiger partial charge is 0.496 e. The molecule has 0 aromatic heterocycles. The Hall–Kier alpha value is -3.72. The normalized spacial score (nSPS) is 23.9. The third-order valence-electron chi connectivity index (χ3n) is 8.25. The minimum absolute atomic E-state index is 0.164. The number of hydrogen-bond acceptors (Lipinski definition) is 8. The highest BCUT2D eigenvalue weighted by Gasteiger charge is 2.52. The zero-order chi connectivity index (χ0) is 28.8. The minimum atomic E-state index is -0.574. The van der Waals surface area contributed by atoms with Gasteiger partial charge < -0.3 is 24.3 Å². The van der Waals surface area contributed by atoms with E-state index in [0.29, 0.717) is 32.6 Å². The average Bonchev–Trinajstić information content (AvgIpc) is 3.39. The number of nitrogens with one attached hydrogen (secondary N) is 1. The third kappa shape index (κ3) is 6.30. The molecule has 2 aliphatic rings. The number of rotatable bonds is 10. The molecule has 0 bridgehead atoms. The molecule has 0 saturated carbocycles. The summed E-state index contributed by atoms with van der Waals surface area (Å²) in [7, 11) is 4.47. The lowest BCUT2D eigenvalue weighted by Crippen LogP contribution is -2.57. The fourth-order valence-corrected chi connectivity index (χ4v) is 6.43. The summed E-state index contributed by atoms with van der Waals surface area (Å²) < 4.78 is 22.5. The summed E-state index contributed by atoms with van der Waals surface area (Å²) in [5.74, 6) is -0.387. The van der Waals surface area contributed by atoms with Gasteiger partial charge in [0.2, 0.25) is 0 Å². The summed E-state index contributed by atoms with van der Waals surface area (Å²) in [6.45, 7) is 1.39. The number of likely N-dealkylation sites (tertiary alicyclic amines) is 1. The predicted octanol–water partition coefficient (Wildman–Crippen LogP) is 4.07. The highest BCUT2D eigenvalue weighted by atomic mass is 16.5. The fraction of sp³-hybridized carbons (Fsp3) is 0.394. The maximum atomic E-state index is 13.2. The van der Waals surface area contributed by atoms with Crippen LogP contribution in [0.15, 0.2) is 78.9 Å². The first-order valence-corrected chi connectivity index (χ1v) is 14.0. The van der Waals surface area contributed by atoms with E-state index in [-0.39, 0.29) is 30.1 Å². The van der Waals surface area contributed by atoms with Crippen molar-refractivity contribution in [2.24, 2.45) is 5.92 Å². The molecular weight excluding hydrogens is 520 g/mol. The molecule has 0 unspecified atom stereocenters. The molecule has 41 heavy (non-hydrogen) atoms. The van der Waals surface area contributed by atoms with Crippen LogP contribution < -0.4 is 10.1 Å². The Morgan fingerprint density at radius 2 is 1.54 bits per heavy atom. The van der Waals surface area contributed by atoms with E-state index in [1.807, 2.05) is 72.8 Å². The van der Waals surface area contributed by atoms with Gasteiger partial charge in [0, 0.05) is 24.2 Å². The van der Waals surface area contributed by atoms with Crippen molar-refractivity contribution < 1.29 is 28.5 Å². The van der Waals surface area contributed by atoms with Gasteiger partial charge in [0.1, 0.15) is 11.8 Å².